The maximum atomic E-state index is 12.4. The number of hydrogen-bond acceptors (Lipinski definition) is 3. The number of hydrogen-bond donors (Lipinski definition) is 1. The Kier molecular flexibility index (Phi) is 3.85. The zero-order valence-corrected chi connectivity index (χ0v) is 11.9. The highest BCUT2D eigenvalue weighted by Crippen LogP contribution is 2.59. The highest BCUT2D eigenvalue weighted by molar-refractivity contribution is 5.91. The fraction of sp³-hybridized carbons (Fsp3) is 0.857. The fourth-order valence-electron chi connectivity index (χ4n) is 3.27. The van der Waals surface area contributed by atoms with Crippen LogP contribution in [0.25, 0.3) is 0 Å². The van der Waals surface area contributed by atoms with Crippen molar-refractivity contribution in [3.05, 3.63) is 0 Å². The summed E-state index contributed by atoms with van der Waals surface area (Å²) < 4.78 is 5.58. The van der Waals surface area contributed by atoms with Gasteiger partial charge in [0.25, 0.3) is 0 Å². The molecule has 19 heavy (non-hydrogen) atoms. The van der Waals surface area contributed by atoms with Crippen LogP contribution in [0.4, 0.5) is 0 Å². The van der Waals surface area contributed by atoms with Gasteiger partial charge in [-0.2, -0.15) is 0 Å². The van der Waals surface area contributed by atoms with Gasteiger partial charge in [-0.05, 0) is 25.2 Å². The number of nitrogens with zero attached hydrogens (tertiary/aromatic N) is 1. The molecule has 0 bridgehead atoms. The molecule has 1 amide bonds. The van der Waals surface area contributed by atoms with Gasteiger partial charge in [0, 0.05) is 19.7 Å². The second kappa shape index (κ2) is 5.12. The molecule has 1 unspecified atom stereocenters. The highest BCUT2D eigenvalue weighted by atomic mass is 16.5. The predicted molar refractivity (Wildman–Crippen MR) is 69.6 cm³/mol. The van der Waals surface area contributed by atoms with Gasteiger partial charge in [0.1, 0.15) is 0 Å². The summed E-state index contributed by atoms with van der Waals surface area (Å²) >= 11 is 0. The number of carbonyl (C=O) groups is 2. The Morgan fingerprint density at radius 3 is 2.58 bits per heavy atom. The van der Waals surface area contributed by atoms with Crippen molar-refractivity contribution in [2.45, 2.75) is 39.7 Å². The van der Waals surface area contributed by atoms with Crippen molar-refractivity contribution >= 4 is 11.9 Å². The summed E-state index contributed by atoms with van der Waals surface area (Å²) in [6.45, 7) is 7.65. The molecular weight excluding hydrogens is 246 g/mol. The summed E-state index contributed by atoms with van der Waals surface area (Å²) in [4.78, 5) is 25.4. The van der Waals surface area contributed by atoms with Crippen LogP contribution in [0.5, 0.6) is 0 Å². The van der Waals surface area contributed by atoms with Crippen molar-refractivity contribution in [2.24, 2.45) is 17.3 Å². The summed E-state index contributed by atoms with van der Waals surface area (Å²) in [6, 6.07) is 0. The average molecular weight is 269 g/mol. The van der Waals surface area contributed by atoms with E-state index in [9.17, 15) is 9.59 Å². The zero-order chi connectivity index (χ0) is 14.2. The van der Waals surface area contributed by atoms with E-state index in [1.54, 1.807) is 4.90 Å². The van der Waals surface area contributed by atoms with Crippen LogP contribution in [0.3, 0.4) is 0 Å². The van der Waals surface area contributed by atoms with Gasteiger partial charge in [-0.1, -0.05) is 13.8 Å². The first-order valence-corrected chi connectivity index (χ1v) is 7.02. The van der Waals surface area contributed by atoms with Crippen molar-refractivity contribution < 1.29 is 19.4 Å². The lowest BCUT2D eigenvalue weighted by Gasteiger charge is -2.33. The molecule has 0 radical (unpaired) electrons. The lowest BCUT2D eigenvalue weighted by atomic mass is 10.1. The minimum Gasteiger partial charge on any atom is -0.481 e. The van der Waals surface area contributed by atoms with Crippen LogP contribution in [0.15, 0.2) is 0 Å². The number of piperidine rings is 1. The fourth-order valence-corrected chi connectivity index (χ4v) is 3.27. The van der Waals surface area contributed by atoms with Crippen molar-refractivity contribution in [1.29, 1.82) is 0 Å². The SMILES string of the molecule is CCOC1CCCN(C(=O)[C@H]2[C@@H](C(=O)O)C2(C)C)C1. The summed E-state index contributed by atoms with van der Waals surface area (Å²) in [7, 11) is 0. The smallest absolute Gasteiger partial charge is 0.307 e. The maximum Gasteiger partial charge on any atom is 0.307 e. The molecule has 1 saturated heterocycles. The van der Waals surface area contributed by atoms with Gasteiger partial charge in [-0.15, -0.1) is 0 Å². The van der Waals surface area contributed by atoms with Gasteiger partial charge in [0.05, 0.1) is 17.9 Å². The maximum absolute atomic E-state index is 12.4. The van der Waals surface area contributed by atoms with Crippen molar-refractivity contribution in [2.75, 3.05) is 19.7 Å². The summed E-state index contributed by atoms with van der Waals surface area (Å²) in [5.41, 5.74) is -0.415. The molecule has 0 spiro atoms. The number of carbonyl (C=O) groups excluding carboxylic acids is 1. The zero-order valence-electron chi connectivity index (χ0n) is 11.9. The van der Waals surface area contributed by atoms with Crippen molar-refractivity contribution in [3.8, 4) is 0 Å². The van der Waals surface area contributed by atoms with Crippen molar-refractivity contribution in [3.63, 3.8) is 0 Å². The molecule has 0 aromatic heterocycles. The number of rotatable bonds is 4. The molecule has 0 aromatic carbocycles. The average Bonchev–Trinajstić information content (AvgIpc) is 2.92. The summed E-state index contributed by atoms with van der Waals surface area (Å²) in [6.07, 6.45) is 2.02. The van der Waals surface area contributed by atoms with Crippen LogP contribution < -0.4 is 0 Å². The second-order valence-corrected chi connectivity index (χ2v) is 6.12. The number of carboxylic acids is 1. The Morgan fingerprint density at radius 2 is 2.05 bits per heavy atom. The third-order valence-electron chi connectivity index (χ3n) is 4.45. The molecule has 5 heteroatoms. The molecule has 1 saturated carbocycles. The van der Waals surface area contributed by atoms with E-state index in [4.69, 9.17) is 9.84 Å². The lowest BCUT2D eigenvalue weighted by molar-refractivity contribution is -0.143. The van der Waals surface area contributed by atoms with E-state index < -0.39 is 17.3 Å². The van der Waals surface area contributed by atoms with Gasteiger partial charge in [-0.3, -0.25) is 9.59 Å². The van der Waals surface area contributed by atoms with Gasteiger partial charge in [0.2, 0.25) is 5.91 Å². The van der Waals surface area contributed by atoms with Crippen LogP contribution in [0, 0.1) is 17.3 Å². The molecule has 5 nitrogen and oxygen atoms in total. The Hall–Kier alpha value is -1.10. The lowest BCUT2D eigenvalue weighted by Crippen LogP contribution is -2.44. The predicted octanol–water partition coefficient (Wildman–Crippen LogP) is 1.37. The normalized spacial score (nSPS) is 33.0. The third-order valence-corrected chi connectivity index (χ3v) is 4.45. The molecule has 1 aliphatic heterocycles. The molecular formula is C14H23NO4. The number of likely N-dealkylation sites (tertiary alicyclic amines) is 1. The third kappa shape index (κ3) is 2.61. The highest BCUT2D eigenvalue weighted by Gasteiger charge is 2.66. The summed E-state index contributed by atoms with van der Waals surface area (Å²) in [5, 5.41) is 9.15. The van der Waals surface area contributed by atoms with E-state index in [2.05, 4.69) is 0 Å². The minimum atomic E-state index is -0.860. The van der Waals surface area contributed by atoms with Crippen LogP contribution in [-0.4, -0.2) is 47.7 Å². The molecule has 1 aliphatic carbocycles. The molecule has 1 heterocycles. The van der Waals surface area contributed by atoms with E-state index in [-0.39, 0.29) is 17.9 Å². The Labute approximate surface area is 113 Å². The largest absolute Gasteiger partial charge is 0.481 e. The first kappa shape index (κ1) is 14.3. The number of ether oxygens (including phenoxy) is 1. The Balaban J connectivity index is 1.99. The first-order chi connectivity index (χ1) is 8.89. The first-order valence-electron chi connectivity index (χ1n) is 7.02. The molecule has 3 atom stereocenters. The van der Waals surface area contributed by atoms with E-state index >= 15 is 0 Å². The van der Waals surface area contributed by atoms with Gasteiger partial charge < -0.3 is 14.7 Å². The van der Waals surface area contributed by atoms with Gasteiger partial charge in [0.15, 0.2) is 0 Å². The van der Waals surface area contributed by atoms with Crippen LogP contribution in [-0.2, 0) is 14.3 Å². The van der Waals surface area contributed by atoms with Gasteiger partial charge in [-0.25, -0.2) is 0 Å². The molecule has 108 valence electrons. The number of aliphatic carboxylic acids is 1. The number of carboxylic acid groups (broad SMARTS) is 1. The van der Waals surface area contributed by atoms with Crippen molar-refractivity contribution in [1.82, 2.24) is 4.90 Å². The van der Waals surface area contributed by atoms with E-state index in [1.807, 2.05) is 20.8 Å². The topological polar surface area (TPSA) is 66.8 Å². The second-order valence-electron chi connectivity index (χ2n) is 6.12. The van der Waals surface area contributed by atoms with Gasteiger partial charge >= 0.3 is 5.97 Å². The van der Waals surface area contributed by atoms with Crippen LogP contribution >= 0.6 is 0 Å². The Bertz CT molecular complexity index is 378. The molecule has 1 N–H and O–H groups in total. The summed E-state index contributed by atoms with van der Waals surface area (Å²) in [5.74, 6) is -1.78. The van der Waals surface area contributed by atoms with Crippen LogP contribution in [0.2, 0.25) is 0 Å². The molecule has 2 aliphatic rings. The van der Waals surface area contributed by atoms with E-state index in [0.717, 1.165) is 19.4 Å². The number of amides is 1. The Morgan fingerprint density at radius 1 is 1.37 bits per heavy atom. The van der Waals surface area contributed by atoms with Crippen LogP contribution in [0.1, 0.15) is 33.6 Å². The quantitative estimate of drug-likeness (QED) is 0.837. The molecule has 2 fully saturated rings. The standard InChI is InChI=1S/C14H23NO4/c1-4-19-9-6-5-7-15(8-9)12(16)10-11(13(17)18)14(10,2)3/h9-11H,4-8H2,1-3H3,(H,17,18)/t9?,10-,11+/m1/s1. The molecule has 2 rings (SSSR count). The monoisotopic (exact) mass is 269 g/mol. The van der Waals surface area contributed by atoms with E-state index in [1.165, 1.54) is 0 Å². The minimum absolute atomic E-state index is 0.0122. The molecule has 0 aromatic rings. The van der Waals surface area contributed by atoms with E-state index in [0.29, 0.717) is 13.2 Å².